The summed E-state index contributed by atoms with van der Waals surface area (Å²) in [6, 6.07) is 23.5. The summed E-state index contributed by atoms with van der Waals surface area (Å²) in [5, 5.41) is 5.58. The third kappa shape index (κ3) is 7.35. The third-order valence-corrected chi connectivity index (χ3v) is 5.74. The Morgan fingerprint density at radius 1 is 0.941 bits per heavy atom. The van der Waals surface area contributed by atoms with Crippen molar-refractivity contribution in [2.75, 3.05) is 17.7 Å². The first-order chi connectivity index (χ1) is 16.5. The number of aryl methyl sites for hydroxylation is 1. The van der Waals surface area contributed by atoms with Gasteiger partial charge in [0.2, 0.25) is 0 Å². The molecule has 0 saturated heterocycles. The maximum absolute atomic E-state index is 13.2. The van der Waals surface area contributed by atoms with Crippen LogP contribution in [0.5, 0.6) is 0 Å². The fourth-order valence-electron chi connectivity index (χ4n) is 3.05. The molecule has 2 amide bonds. The number of nitrogens with one attached hydrogen (secondary N) is 2. The molecule has 174 valence electrons. The molecule has 2 N–H and O–H groups in total. The summed E-state index contributed by atoms with van der Waals surface area (Å²) < 4.78 is 4.95. The van der Waals surface area contributed by atoms with Crippen molar-refractivity contribution in [3.05, 3.63) is 101 Å². The van der Waals surface area contributed by atoms with Gasteiger partial charge in [-0.2, -0.15) is 0 Å². The van der Waals surface area contributed by atoms with Gasteiger partial charge in [-0.3, -0.25) is 14.4 Å². The monoisotopic (exact) mass is 474 g/mol. The SMILES string of the molecule is CCOC(=O)CSc1cccc(NC(=O)/C(=C/c2ccccc2C)NC(=O)c2ccccc2)c1. The predicted molar refractivity (Wildman–Crippen MR) is 135 cm³/mol. The Kier molecular flexibility index (Phi) is 9.05. The fourth-order valence-corrected chi connectivity index (χ4v) is 3.81. The first kappa shape index (κ1) is 24.8. The molecule has 34 heavy (non-hydrogen) atoms. The summed E-state index contributed by atoms with van der Waals surface area (Å²) in [6.45, 7) is 4.03. The molecule has 6 nitrogen and oxygen atoms in total. The lowest BCUT2D eigenvalue weighted by Gasteiger charge is -2.13. The molecule has 0 bridgehead atoms. The van der Waals surface area contributed by atoms with E-state index < -0.39 is 5.91 Å². The number of rotatable bonds is 9. The smallest absolute Gasteiger partial charge is 0.316 e. The van der Waals surface area contributed by atoms with Crippen molar-refractivity contribution in [3.63, 3.8) is 0 Å². The largest absolute Gasteiger partial charge is 0.465 e. The Labute approximate surface area is 203 Å². The van der Waals surface area contributed by atoms with Gasteiger partial charge in [0.1, 0.15) is 5.70 Å². The van der Waals surface area contributed by atoms with Gasteiger partial charge in [-0.1, -0.05) is 48.5 Å². The van der Waals surface area contributed by atoms with E-state index >= 15 is 0 Å². The van der Waals surface area contributed by atoms with Crippen molar-refractivity contribution >= 4 is 41.3 Å². The molecule has 0 aromatic heterocycles. The van der Waals surface area contributed by atoms with Gasteiger partial charge in [0.15, 0.2) is 0 Å². The summed E-state index contributed by atoms with van der Waals surface area (Å²) in [4.78, 5) is 38.4. The van der Waals surface area contributed by atoms with Gasteiger partial charge in [-0.25, -0.2) is 0 Å². The number of anilines is 1. The van der Waals surface area contributed by atoms with Crippen LogP contribution in [-0.2, 0) is 14.3 Å². The second kappa shape index (κ2) is 12.4. The summed E-state index contributed by atoms with van der Waals surface area (Å²) in [7, 11) is 0. The number of benzene rings is 3. The van der Waals surface area contributed by atoms with Gasteiger partial charge < -0.3 is 15.4 Å². The van der Waals surface area contributed by atoms with Gasteiger partial charge >= 0.3 is 5.97 Å². The number of carbonyl (C=O) groups is 3. The lowest BCUT2D eigenvalue weighted by Crippen LogP contribution is -2.30. The molecule has 3 aromatic carbocycles. The molecule has 3 aromatic rings. The average Bonchev–Trinajstić information content (AvgIpc) is 2.84. The minimum Gasteiger partial charge on any atom is -0.465 e. The number of carbonyl (C=O) groups excluding carboxylic acids is 3. The van der Waals surface area contributed by atoms with Crippen LogP contribution in [0, 0.1) is 6.92 Å². The van der Waals surface area contributed by atoms with Gasteiger partial charge in [0, 0.05) is 16.1 Å². The first-order valence-electron chi connectivity index (χ1n) is 10.8. The van der Waals surface area contributed by atoms with E-state index in [-0.39, 0.29) is 23.3 Å². The lowest BCUT2D eigenvalue weighted by atomic mass is 10.1. The van der Waals surface area contributed by atoms with Gasteiger partial charge in [0.05, 0.1) is 12.4 Å². The summed E-state index contributed by atoms with van der Waals surface area (Å²) in [6.07, 6.45) is 1.66. The van der Waals surface area contributed by atoms with Crippen LogP contribution >= 0.6 is 11.8 Å². The molecule has 0 spiro atoms. The molecule has 0 radical (unpaired) electrons. The Bertz CT molecular complexity index is 1190. The Balaban J connectivity index is 1.80. The highest BCUT2D eigenvalue weighted by Gasteiger charge is 2.16. The second-order valence-electron chi connectivity index (χ2n) is 7.31. The lowest BCUT2D eigenvalue weighted by molar-refractivity contribution is -0.139. The molecule has 0 aliphatic carbocycles. The fraction of sp³-hybridized carbons (Fsp3) is 0.148. The highest BCUT2D eigenvalue weighted by atomic mass is 32.2. The van der Waals surface area contributed by atoms with Crippen molar-refractivity contribution in [2.24, 2.45) is 0 Å². The molecule has 3 rings (SSSR count). The van der Waals surface area contributed by atoms with Crippen molar-refractivity contribution in [3.8, 4) is 0 Å². The second-order valence-corrected chi connectivity index (χ2v) is 8.36. The van der Waals surface area contributed by atoms with E-state index in [4.69, 9.17) is 4.74 Å². The van der Waals surface area contributed by atoms with Gasteiger partial charge in [-0.05, 0) is 61.4 Å². The first-order valence-corrected chi connectivity index (χ1v) is 11.8. The number of hydrogen-bond acceptors (Lipinski definition) is 5. The van der Waals surface area contributed by atoms with Crippen LogP contribution in [0.2, 0.25) is 0 Å². The molecule has 0 unspecified atom stereocenters. The van der Waals surface area contributed by atoms with Gasteiger partial charge in [-0.15, -0.1) is 11.8 Å². The van der Waals surface area contributed by atoms with Crippen LogP contribution < -0.4 is 10.6 Å². The van der Waals surface area contributed by atoms with Crippen LogP contribution in [0.4, 0.5) is 5.69 Å². The topological polar surface area (TPSA) is 84.5 Å². The van der Waals surface area contributed by atoms with Crippen LogP contribution in [0.3, 0.4) is 0 Å². The van der Waals surface area contributed by atoms with Crippen molar-refractivity contribution < 1.29 is 19.1 Å². The molecular formula is C27H26N2O4S. The van der Waals surface area contributed by atoms with Crippen molar-refractivity contribution in [2.45, 2.75) is 18.7 Å². The van der Waals surface area contributed by atoms with E-state index in [0.717, 1.165) is 16.0 Å². The highest BCUT2D eigenvalue weighted by Crippen LogP contribution is 2.22. The summed E-state index contributed by atoms with van der Waals surface area (Å²) >= 11 is 1.32. The Morgan fingerprint density at radius 3 is 2.41 bits per heavy atom. The van der Waals surface area contributed by atoms with Crippen LogP contribution in [0.15, 0.2) is 89.5 Å². The Hall–Kier alpha value is -3.84. The molecule has 0 atom stereocenters. The third-order valence-electron chi connectivity index (χ3n) is 4.77. The van der Waals surface area contributed by atoms with E-state index in [1.165, 1.54) is 11.8 Å². The number of esters is 1. The number of amides is 2. The average molecular weight is 475 g/mol. The van der Waals surface area contributed by atoms with Crippen LogP contribution in [-0.4, -0.2) is 30.1 Å². The van der Waals surface area contributed by atoms with E-state index in [0.29, 0.717) is 17.9 Å². The summed E-state index contributed by atoms with van der Waals surface area (Å²) in [5.41, 5.74) is 2.90. The summed E-state index contributed by atoms with van der Waals surface area (Å²) in [5.74, 6) is -0.958. The van der Waals surface area contributed by atoms with Crippen LogP contribution in [0.25, 0.3) is 6.08 Å². The maximum atomic E-state index is 13.2. The van der Waals surface area contributed by atoms with E-state index in [1.807, 2.05) is 43.3 Å². The number of thioether (sulfide) groups is 1. The zero-order valence-electron chi connectivity index (χ0n) is 19.0. The minimum absolute atomic E-state index is 0.118. The van der Waals surface area contributed by atoms with Crippen LogP contribution in [0.1, 0.15) is 28.4 Å². The molecule has 7 heteroatoms. The standard InChI is InChI=1S/C27H26N2O4S/c1-3-33-25(30)18-34-23-15-9-14-22(17-23)28-27(32)24(16-21-13-8-7-10-19(21)2)29-26(31)20-11-5-4-6-12-20/h4-17H,3,18H2,1-2H3,(H,28,32)(H,29,31)/b24-16-. The Morgan fingerprint density at radius 2 is 1.68 bits per heavy atom. The van der Waals surface area contributed by atoms with Gasteiger partial charge in [0.25, 0.3) is 11.8 Å². The molecular weight excluding hydrogens is 448 g/mol. The highest BCUT2D eigenvalue weighted by molar-refractivity contribution is 8.00. The quantitative estimate of drug-likeness (QED) is 0.257. The number of hydrogen-bond donors (Lipinski definition) is 2. The molecule has 0 aliphatic rings. The molecule has 0 aliphatic heterocycles. The normalized spacial score (nSPS) is 10.9. The number of ether oxygens (including phenoxy) is 1. The molecule has 0 heterocycles. The van der Waals surface area contributed by atoms with E-state index in [1.54, 1.807) is 55.5 Å². The van der Waals surface area contributed by atoms with E-state index in [2.05, 4.69) is 10.6 Å². The zero-order chi connectivity index (χ0) is 24.3. The molecule has 0 saturated carbocycles. The van der Waals surface area contributed by atoms with Crippen molar-refractivity contribution in [1.29, 1.82) is 0 Å². The zero-order valence-corrected chi connectivity index (χ0v) is 19.9. The van der Waals surface area contributed by atoms with E-state index in [9.17, 15) is 14.4 Å². The minimum atomic E-state index is -0.458. The molecule has 0 fully saturated rings. The predicted octanol–water partition coefficient (Wildman–Crippen LogP) is 5.06. The van der Waals surface area contributed by atoms with Crippen molar-refractivity contribution in [1.82, 2.24) is 5.32 Å². The maximum Gasteiger partial charge on any atom is 0.316 e.